The van der Waals surface area contributed by atoms with Gasteiger partial charge in [0, 0.05) is 4.47 Å². The number of ketones is 1. The number of rotatable bonds is 3. The Labute approximate surface area is 110 Å². The molecule has 1 aromatic carbocycles. The zero-order valence-corrected chi connectivity index (χ0v) is 11.3. The van der Waals surface area contributed by atoms with Crippen LogP contribution in [-0.2, 0) is 0 Å². The van der Waals surface area contributed by atoms with E-state index in [4.69, 9.17) is 4.74 Å². The van der Waals surface area contributed by atoms with Gasteiger partial charge in [-0.05, 0) is 45.6 Å². The molecule has 2 aromatic rings. The van der Waals surface area contributed by atoms with Gasteiger partial charge in [-0.2, -0.15) is 0 Å². The normalized spacial score (nSPS) is 10.3. The van der Waals surface area contributed by atoms with Gasteiger partial charge in [0.2, 0.25) is 5.78 Å². The van der Waals surface area contributed by atoms with Crippen molar-refractivity contribution in [2.75, 3.05) is 7.11 Å². The summed E-state index contributed by atoms with van der Waals surface area (Å²) in [6.07, 6.45) is 0. The van der Waals surface area contributed by atoms with Crippen LogP contribution in [0.25, 0.3) is 0 Å². The van der Waals surface area contributed by atoms with E-state index in [1.165, 1.54) is 36.6 Å². The highest BCUT2D eigenvalue weighted by Crippen LogP contribution is 2.29. The lowest BCUT2D eigenvalue weighted by Crippen LogP contribution is -2.03. The first-order valence-electron chi connectivity index (χ1n) is 4.74. The summed E-state index contributed by atoms with van der Waals surface area (Å²) in [6, 6.07) is 5.68. The van der Waals surface area contributed by atoms with Crippen molar-refractivity contribution < 1.29 is 13.9 Å². The third-order valence-corrected chi connectivity index (χ3v) is 4.07. The fourth-order valence-electron chi connectivity index (χ4n) is 1.44. The first kappa shape index (κ1) is 12.3. The number of thiophene rings is 1. The fraction of sp³-hybridized carbons (Fsp3) is 0.0833. The Kier molecular flexibility index (Phi) is 3.59. The zero-order chi connectivity index (χ0) is 12.4. The number of carbonyl (C=O) groups is 1. The summed E-state index contributed by atoms with van der Waals surface area (Å²) in [5, 5.41) is 1.79. The van der Waals surface area contributed by atoms with Gasteiger partial charge in [0.05, 0.1) is 17.6 Å². The molecule has 0 saturated heterocycles. The third kappa shape index (κ3) is 2.40. The molecule has 1 aromatic heterocycles. The van der Waals surface area contributed by atoms with Crippen molar-refractivity contribution in [3.8, 4) is 5.75 Å². The lowest BCUT2D eigenvalue weighted by Gasteiger charge is -2.06. The molecule has 5 heteroatoms. The predicted octanol–water partition coefficient (Wildman–Crippen LogP) is 3.89. The molecule has 0 aliphatic rings. The van der Waals surface area contributed by atoms with Crippen molar-refractivity contribution in [3.05, 3.63) is 50.4 Å². The molecule has 0 bridgehead atoms. The molecular formula is C12H8BrFO2S. The first-order chi connectivity index (χ1) is 8.13. The van der Waals surface area contributed by atoms with Crippen LogP contribution >= 0.6 is 27.3 Å². The summed E-state index contributed by atoms with van der Waals surface area (Å²) >= 11 is 4.59. The van der Waals surface area contributed by atoms with Gasteiger partial charge in [-0.1, -0.05) is 0 Å². The van der Waals surface area contributed by atoms with Crippen molar-refractivity contribution >= 4 is 33.0 Å². The molecule has 2 rings (SSSR count). The Balaban J connectivity index is 2.50. The van der Waals surface area contributed by atoms with E-state index in [1.807, 2.05) is 0 Å². The smallest absolute Gasteiger partial charge is 0.207 e. The molecule has 0 radical (unpaired) electrons. The van der Waals surface area contributed by atoms with E-state index in [2.05, 4.69) is 15.9 Å². The quantitative estimate of drug-likeness (QED) is 0.803. The number of benzene rings is 1. The Morgan fingerprint density at radius 3 is 2.76 bits per heavy atom. The fourth-order valence-corrected chi connectivity index (χ4v) is 2.94. The van der Waals surface area contributed by atoms with Gasteiger partial charge in [-0.25, -0.2) is 4.39 Å². The SMILES string of the molecule is COc1ccc(F)cc1C(=O)c1sccc1Br. The highest BCUT2D eigenvalue weighted by molar-refractivity contribution is 9.10. The third-order valence-electron chi connectivity index (χ3n) is 2.23. The second-order valence-corrected chi connectivity index (χ2v) is 5.04. The summed E-state index contributed by atoms with van der Waals surface area (Å²) in [5.41, 5.74) is 0.232. The molecule has 0 amide bonds. The number of hydrogen-bond donors (Lipinski definition) is 0. The summed E-state index contributed by atoms with van der Waals surface area (Å²) in [6.45, 7) is 0. The molecule has 0 saturated carbocycles. The average molecular weight is 315 g/mol. The molecule has 1 heterocycles. The number of ether oxygens (including phenoxy) is 1. The Morgan fingerprint density at radius 1 is 1.41 bits per heavy atom. The van der Waals surface area contributed by atoms with Gasteiger partial charge in [0.1, 0.15) is 11.6 Å². The minimum absolute atomic E-state index is 0.232. The van der Waals surface area contributed by atoms with Crippen molar-refractivity contribution in [3.63, 3.8) is 0 Å². The monoisotopic (exact) mass is 314 g/mol. The van der Waals surface area contributed by atoms with Crippen LogP contribution in [0.5, 0.6) is 5.75 Å². The van der Waals surface area contributed by atoms with Crippen LogP contribution in [0.15, 0.2) is 34.1 Å². The first-order valence-corrected chi connectivity index (χ1v) is 6.42. The molecule has 0 spiro atoms. The molecule has 0 atom stereocenters. The lowest BCUT2D eigenvalue weighted by molar-refractivity contribution is 0.103. The second-order valence-electron chi connectivity index (χ2n) is 3.27. The molecule has 0 N–H and O–H groups in total. The number of carbonyl (C=O) groups excluding carboxylic acids is 1. The largest absolute Gasteiger partial charge is 0.496 e. The predicted molar refractivity (Wildman–Crippen MR) is 68.4 cm³/mol. The van der Waals surface area contributed by atoms with Gasteiger partial charge < -0.3 is 4.74 Å². The highest BCUT2D eigenvalue weighted by atomic mass is 79.9. The lowest BCUT2D eigenvalue weighted by atomic mass is 10.1. The molecule has 17 heavy (non-hydrogen) atoms. The average Bonchev–Trinajstić information content (AvgIpc) is 2.74. The van der Waals surface area contributed by atoms with Crippen LogP contribution in [0, 0.1) is 5.82 Å². The van der Waals surface area contributed by atoms with Crippen molar-refractivity contribution in [2.24, 2.45) is 0 Å². The van der Waals surface area contributed by atoms with Crippen LogP contribution in [0.4, 0.5) is 4.39 Å². The summed E-state index contributed by atoms with van der Waals surface area (Å²) < 4.78 is 18.9. The van der Waals surface area contributed by atoms with Crippen LogP contribution in [0.1, 0.15) is 15.2 Å². The maximum atomic E-state index is 13.2. The molecule has 0 fully saturated rings. The van der Waals surface area contributed by atoms with Crippen LogP contribution < -0.4 is 4.74 Å². The van der Waals surface area contributed by atoms with Gasteiger partial charge in [0.25, 0.3) is 0 Å². The van der Waals surface area contributed by atoms with Gasteiger partial charge in [0.15, 0.2) is 0 Å². The highest BCUT2D eigenvalue weighted by Gasteiger charge is 2.18. The van der Waals surface area contributed by atoms with E-state index in [9.17, 15) is 9.18 Å². The topological polar surface area (TPSA) is 26.3 Å². The molecule has 0 aliphatic heterocycles. The van der Waals surface area contributed by atoms with Crippen LogP contribution in [0.2, 0.25) is 0 Å². The number of hydrogen-bond acceptors (Lipinski definition) is 3. The Morgan fingerprint density at radius 2 is 2.18 bits per heavy atom. The second kappa shape index (κ2) is 4.98. The van der Waals surface area contributed by atoms with E-state index < -0.39 is 5.82 Å². The minimum atomic E-state index is -0.457. The minimum Gasteiger partial charge on any atom is -0.496 e. The van der Waals surface area contributed by atoms with E-state index in [-0.39, 0.29) is 11.3 Å². The van der Waals surface area contributed by atoms with Crippen molar-refractivity contribution in [1.82, 2.24) is 0 Å². The summed E-state index contributed by atoms with van der Waals surface area (Å²) in [7, 11) is 1.45. The van der Waals surface area contributed by atoms with E-state index >= 15 is 0 Å². The van der Waals surface area contributed by atoms with E-state index in [0.717, 1.165) is 0 Å². The maximum absolute atomic E-state index is 13.2. The van der Waals surface area contributed by atoms with Crippen LogP contribution in [-0.4, -0.2) is 12.9 Å². The molecule has 88 valence electrons. The number of methoxy groups -OCH3 is 1. The van der Waals surface area contributed by atoms with Crippen molar-refractivity contribution in [2.45, 2.75) is 0 Å². The van der Waals surface area contributed by atoms with Gasteiger partial charge in [-0.3, -0.25) is 4.79 Å². The molecule has 2 nitrogen and oxygen atoms in total. The molecule has 0 aliphatic carbocycles. The number of halogens is 2. The van der Waals surface area contributed by atoms with Gasteiger partial charge >= 0.3 is 0 Å². The van der Waals surface area contributed by atoms with E-state index in [0.29, 0.717) is 15.1 Å². The summed E-state index contributed by atoms with van der Waals surface area (Å²) in [4.78, 5) is 12.7. The Bertz CT molecular complexity index is 565. The van der Waals surface area contributed by atoms with E-state index in [1.54, 1.807) is 11.4 Å². The van der Waals surface area contributed by atoms with Crippen LogP contribution in [0.3, 0.4) is 0 Å². The van der Waals surface area contributed by atoms with Gasteiger partial charge in [-0.15, -0.1) is 11.3 Å². The zero-order valence-electron chi connectivity index (χ0n) is 8.87. The summed E-state index contributed by atoms with van der Waals surface area (Å²) in [5.74, 6) is -0.332. The van der Waals surface area contributed by atoms with Crippen molar-refractivity contribution in [1.29, 1.82) is 0 Å². The Hall–Kier alpha value is -1.20. The molecule has 0 unspecified atom stereocenters. The molecular weight excluding hydrogens is 307 g/mol. The standard InChI is InChI=1S/C12H8BrFO2S/c1-16-10-3-2-7(14)6-8(10)11(15)12-9(13)4-5-17-12/h2-6H,1H3. The maximum Gasteiger partial charge on any atom is 0.207 e.